The molecule has 2 rings (SSSR count). The van der Waals surface area contributed by atoms with Crippen molar-refractivity contribution in [3.8, 4) is 0 Å². The molecule has 0 aliphatic rings. The topological polar surface area (TPSA) is 71.4 Å². The number of benzene rings is 2. The number of carbonyl (C=O) groups is 1. The van der Waals surface area contributed by atoms with Gasteiger partial charge in [0, 0.05) is 0 Å². The molecule has 0 aliphatic heterocycles. The van der Waals surface area contributed by atoms with E-state index in [0.29, 0.717) is 0 Å². The summed E-state index contributed by atoms with van der Waals surface area (Å²) >= 11 is 0. The Morgan fingerprint density at radius 3 is 2.16 bits per heavy atom. The first-order valence-electron chi connectivity index (χ1n) is 5.56. The van der Waals surface area contributed by atoms with E-state index in [4.69, 9.17) is 5.11 Å². The molecule has 0 aliphatic carbocycles. The molecule has 0 spiro atoms. The van der Waals surface area contributed by atoms with Crippen molar-refractivity contribution < 1.29 is 18.3 Å². The van der Waals surface area contributed by atoms with E-state index < -0.39 is 15.8 Å². The summed E-state index contributed by atoms with van der Waals surface area (Å²) in [6.07, 6.45) is 0. The van der Waals surface area contributed by atoms with Crippen LogP contribution in [-0.4, -0.2) is 19.5 Å². The predicted molar refractivity (Wildman–Crippen MR) is 70.0 cm³/mol. The number of sulfone groups is 1. The Morgan fingerprint density at radius 2 is 1.63 bits per heavy atom. The third-order valence-electron chi connectivity index (χ3n) is 2.71. The largest absolute Gasteiger partial charge is 0.478 e. The summed E-state index contributed by atoms with van der Waals surface area (Å²) in [7, 11) is -3.60. The maximum absolute atomic E-state index is 12.3. The third kappa shape index (κ3) is 2.66. The van der Waals surface area contributed by atoms with Crippen LogP contribution >= 0.6 is 0 Å². The summed E-state index contributed by atoms with van der Waals surface area (Å²) in [5.41, 5.74) is 0.909. The smallest absolute Gasteiger partial charge is 0.335 e. The van der Waals surface area contributed by atoms with Gasteiger partial charge in [-0.1, -0.05) is 12.1 Å². The first-order valence-corrected chi connectivity index (χ1v) is 7.05. The second-order valence-corrected chi connectivity index (χ2v) is 6.10. The molecule has 0 unspecified atom stereocenters. The van der Waals surface area contributed by atoms with Crippen LogP contribution in [0.25, 0.3) is 0 Å². The molecule has 19 heavy (non-hydrogen) atoms. The highest BCUT2D eigenvalue weighted by atomic mass is 32.2. The van der Waals surface area contributed by atoms with E-state index >= 15 is 0 Å². The van der Waals surface area contributed by atoms with Gasteiger partial charge >= 0.3 is 5.97 Å². The quantitative estimate of drug-likeness (QED) is 0.935. The van der Waals surface area contributed by atoms with Crippen LogP contribution in [0.3, 0.4) is 0 Å². The molecule has 0 aromatic heterocycles. The summed E-state index contributed by atoms with van der Waals surface area (Å²) in [6, 6.07) is 11.8. The molecule has 2 aromatic rings. The molecule has 0 saturated heterocycles. The van der Waals surface area contributed by atoms with Crippen LogP contribution in [0.15, 0.2) is 58.3 Å². The highest BCUT2D eigenvalue weighted by Crippen LogP contribution is 2.21. The van der Waals surface area contributed by atoms with E-state index in [0.717, 1.165) is 5.56 Å². The SMILES string of the molecule is Cc1cccc(S(=O)(=O)c2ccc(C(=O)O)cc2)c1. The van der Waals surface area contributed by atoms with Crippen molar-refractivity contribution in [2.75, 3.05) is 0 Å². The maximum atomic E-state index is 12.3. The molecule has 0 radical (unpaired) electrons. The van der Waals surface area contributed by atoms with Crippen LogP contribution in [-0.2, 0) is 9.84 Å². The fourth-order valence-corrected chi connectivity index (χ4v) is 3.06. The van der Waals surface area contributed by atoms with Gasteiger partial charge in [0.05, 0.1) is 15.4 Å². The Kier molecular flexibility index (Phi) is 3.40. The van der Waals surface area contributed by atoms with Crippen molar-refractivity contribution in [3.63, 3.8) is 0 Å². The molecule has 0 bridgehead atoms. The monoisotopic (exact) mass is 276 g/mol. The second-order valence-electron chi connectivity index (χ2n) is 4.15. The van der Waals surface area contributed by atoms with E-state index in [1.165, 1.54) is 30.3 Å². The predicted octanol–water partition coefficient (Wildman–Crippen LogP) is 2.53. The van der Waals surface area contributed by atoms with Gasteiger partial charge in [-0.2, -0.15) is 0 Å². The number of carboxylic acid groups (broad SMARTS) is 1. The van der Waals surface area contributed by atoms with Crippen LogP contribution in [0.1, 0.15) is 15.9 Å². The number of hydrogen-bond donors (Lipinski definition) is 1. The maximum Gasteiger partial charge on any atom is 0.335 e. The zero-order chi connectivity index (χ0) is 14.0. The Labute approximate surface area is 111 Å². The van der Waals surface area contributed by atoms with Crippen LogP contribution < -0.4 is 0 Å². The second kappa shape index (κ2) is 4.85. The highest BCUT2D eigenvalue weighted by Gasteiger charge is 2.17. The van der Waals surface area contributed by atoms with Crippen LogP contribution in [0, 0.1) is 6.92 Å². The molecule has 2 aromatic carbocycles. The number of rotatable bonds is 3. The summed E-state index contributed by atoms with van der Waals surface area (Å²) in [5, 5.41) is 8.78. The molecule has 5 heteroatoms. The minimum atomic E-state index is -3.60. The summed E-state index contributed by atoms with van der Waals surface area (Å²) in [6.45, 7) is 1.81. The number of hydrogen-bond acceptors (Lipinski definition) is 3. The lowest BCUT2D eigenvalue weighted by molar-refractivity contribution is 0.0697. The zero-order valence-electron chi connectivity index (χ0n) is 10.2. The van der Waals surface area contributed by atoms with Gasteiger partial charge in [0.2, 0.25) is 9.84 Å². The van der Waals surface area contributed by atoms with Crippen LogP contribution in [0.5, 0.6) is 0 Å². The molecule has 98 valence electrons. The number of aromatic carboxylic acids is 1. The molecule has 1 N–H and O–H groups in total. The van der Waals surface area contributed by atoms with Crippen molar-refractivity contribution in [1.82, 2.24) is 0 Å². The molecular weight excluding hydrogens is 264 g/mol. The average molecular weight is 276 g/mol. The number of carboxylic acids is 1. The minimum absolute atomic E-state index is 0.0585. The van der Waals surface area contributed by atoms with Gasteiger partial charge in [0.15, 0.2) is 0 Å². The van der Waals surface area contributed by atoms with E-state index in [1.807, 2.05) is 13.0 Å². The molecule has 0 heterocycles. The van der Waals surface area contributed by atoms with E-state index in [-0.39, 0.29) is 15.4 Å². The lowest BCUT2D eigenvalue weighted by atomic mass is 10.2. The average Bonchev–Trinajstić information content (AvgIpc) is 2.39. The van der Waals surface area contributed by atoms with Crippen LogP contribution in [0.2, 0.25) is 0 Å². The van der Waals surface area contributed by atoms with Gasteiger partial charge in [-0.25, -0.2) is 13.2 Å². The van der Waals surface area contributed by atoms with Crippen molar-refractivity contribution in [2.24, 2.45) is 0 Å². The Morgan fingerprint density at radius 1 is 1.00 bits per heavy atom. The molecule has 0 atom stereocenters. The summed E-state index contributed by atoms with van der Waals surface area (Å²) < 4.78 is 24.6. The van der Waals surface area contributed by atoms with Gasteiger partial charge in [-0.3, -0.25) is 0 Å². The van der Waals surface area contributed by atoms with Crippen molar-refractivity contribution >= 4 is 15.8 Å². The molecule has 4 nitrogen and oxygen atoms in total. The normalized spacial score (nSPS) is 11.2. The first-order chi connectivity index (χ1) is 8.91. The molecular formula is C14H12O4S. The molecule has 0 fully saturated rings. The van der Waals surface area contributed by atoms with E-state index in [9.17, 15) is 13.2 Å². The van der Waals surface area contributed by atoms with Gasteiger partial charge in [-0.05, 0) is 48.9 Å². The lowest BCUT2D eigenvalue weighted by Crippen LogP contribution is -2.03. The third-order valence-corrected chi connectivity index (χ3v) is 4.48. The van der Waals surface area contributed by atoms with Crippen molar-refractivity contribution in [2.45, 2.75) is 16.7 Å². The van der Waals surface area contributed by atoms with E-state index in [2.05, 4.69) is 0 Å². The minimum Gasteiger partial charge on any atom is -0.478 e. The van der Waals surface area contributed by atoms with Gasteiger partial charge in [0.1, 0.15) is 0 Å². The zero-order valence-corrected chi connectivity index (χ0v) is 11.0. The Hall–Kier alpha value is -2.14. The molecule has 0 saturated carbocycles. The van der Waals surface area contributed by atoms with Gasteiger partial charge in [-0.15, -0.1) is 0 Å². The van der Waals surface area contributed by atoms with Crippen molar-refractivity contribution in [3.05, 3.63) is 59.7 Å². The Balaban J connectivity index is 2.48. The first kappa shape index (κ1) is 13.3. The number of aryl methyl sites for hydroxylation is 1. The van der Waals surface area contributed by atoms with Crippen molar-refractivity contribution in [1.29, 1.82) is 0 Å². The van der Waals surface area contributed by atoms with Gasteiger partial charge in [0.25, 0.3) is 0 Å². The lowest BCUT2D eigenvalue weighted by Gasteiger charge is -2.05. The summed E-state index contributed by atoms with van der Waals surface area (Å²) in [4.78, 5) is 11.0. The van der Waals surface area contributed by atoms with Gasteiger partial charge < -0.3 is 5.11 Å². The summed E-state index contributed by atoms with van der Waals surface area (Å²) in [5.74, 6) is -1.08. The standard InChI is InChI=1S/C14H12O4S/c1-10-3-2-4-13(9-10)19(17,18)12-7-5-11(6-8-12)14(15)16/h2-9H,1H3,(H,15,16). The van der Waals surface area contributed by atoms with Crippen LogP contribution in [0.4, 0.5) is 0 Å². The highest BCUT2D eigenvalue weighted by molar-refractivity contribution is 7.91. The fraction of sp³-hybridized carbons (Fsp3) is 0.0714. The Bertz CT molecular complexity index is 715. The fourth-order valence-electron chi connectivity index (χ4n) is 1.70. The van der Waals surface area contributed by atoms with E-state index in [1.54, 1.807) is 12.1 Å². The molecule has 0 amide bonds.